The summed E-state index contributed by atoms with van der Waals surface area (Å²) < 4.78 is 6.46. The third-order valence-corrected chi connectivity index (χ3v) is 5.83. The van der Waals surface area contributed by atoms with E-state index < -0.39 is 5.97 Å². The first-order chi connectivity index (χ1) is 13.6. The lowest BCUT2D eigenvalue weighted by Gasteiger charge is -2.12. The minimum Gasteiger partial charge on any atom is -0.461 e. The molecule has 0 bridgehead atoms. The first-order valence-electron chi connectivity index (χ1n) is 9.20. The molecular formula is C20H20N4O3S. The van der Waals surface area contributed by atoms with Crippen LogP contribution in [-0.4, -0.2) is 27.8 Å². The number of ether oxygens (including phenoxy) is 1. The highest BCUT2D eigenvalue weighted by atomic mass is 32.1. The van der Waals surface area contributed by atoms with Gasteiger partial charge in [-0.25, -0.2) is 19.8 Å². The molecule has 8 heteroatoms. The van der Waals surface area contributed by atoms with Gasteiger partial charge in [0.1, 0.15) is 10.5 Å². The summed E-state index contributed by atoms with van der Waals surface area (Å²) in [5.74, 6) is -0.243. The van der Waals surface area contributed by atoms with Crippen molar-refractivity contribution in [1.82, 2.24) is 9.55 Å². The number of hydrogen-bond acceptors (Lipinski definition) is 7. The van der Waals surface area contributed by atoms with Gasteiger partial charge in [-0.1, -0.05) is 18.2 Å². The fourth-order valence-corrected chi connectivity index (χ4v) is 4.60. The van der Waals surface area contributed by atoms with Gasteiger partial charge in [0, 0.05) is 4.88 Å². The Balaban J connectivity index is 1.86. The van der Waals surface area contributed by atoms with E-state index in [9.17, 15) is 9.59 Å². The predicted octanol–water partition coefficient (Wildman–Crippen LogP) is 3.29. The fourth-order valence-electron chi connectivity index (χ4n) is 3.35. The Hall–Kier alpha value is -3.00. The highest BCUT2D eigenvalue weighted by Gasteiger charge is 2.23. The number of carbonyl (C=O) groups is 1. The van der Waals surface area contributed by atoms with Gasteiger partial charge in [0.25, 0.3) is 5.56 Å². The Labute approximate surface area is 165 Å². The molecular weight excluding hydrogens is 376 g/mol. The van der Waals surface area contributed by atoms with Gasteiger partial charge in [-0.15, -0.1) is 11.3 Å². The molecule has 2 heterocycles. The fraction of sp³-hybridized carbons (Fsp3) is 0.300. The van der Waals surface area contributed by atoms with Crippen molar-refractivity contribution in [3.63, 3.8) is 0 Å². The first kappa shape index (κ1) is 18.4. The van der Waals surface area contributed by atoms with Crippen molar-refractivity contribution in [2.24, 2.45) is 5.10 Å². The molecule has 2 aromatic heterocycles. The molecule has 0 atom stereocenters. The minimum atomic E-state index is -0.514. The lowest BCUT2D eigenvalue weighted by molar-refractivity contribution is -0.135. The van der Waals surface area contributed by atoms with E-state index in [2.05, 4.69) is 15.5 Å². The van der Waals surface area contributed by atoms with Crippen LogP contribution in [0.4, 0.5) is 5.95 Å². The topological polar surface area (TPSA) is 85.6 Å². The smallest absolute Gasteiger partial charge is 0.354 e. The maximum absolute atomic E-state index is 13.4. The van der Waals surface area contributed by atoms with E-state index in [1.807, 2.05) is 30.3 Å². The summed E-state index contributed by atoms with van der Waals surface area (Å²) >= 11 is 1.56. The number of esters is 1. The van der Waals surface area contributed by atoms with Gasteiger partial charge >= 0.3 is 5.97 Å². The summed E-state index contributed by atoms with van der Waals surface area (Å²) in [5, 5.41) is 4.78. The molecule has 1 aliphatic carbocycles. The van der Waals surface area contributed by atoms with Gasteiger partial charge in [-0.3, -0.25) is 4.79 Å². The van der Waals surface area contributed by atoms with Crippen LogP contribution in [0.25, 0.3) is 15.9 Å². The number of anilines is 1. The van der Waals surface area contributed by atoms with Gasteiger partial charge in [0.2, 0.25) is 5.95 Å². The molecule has 3 aromatic rings. The van der Waals surface area contributed by atoms with E-state index in [-0.39, 0.29) is 23.8 Å². The zero-order chi connectivity index (χ0) is 19.7. The van der Waals surface area contributed by atoms with Gasteiger partial charge in [0.15, 0.2) is 0 Å². The number of rotatable bonds is 5. The van der Waals surface area contributed by atoms with E-state index >= 15 is 0 Å². The van der Waals surface area contributed by atoms with E-state index in [4.69, 9.17) is 4.74 Å². The van der Waals surface area contributed by atoms with Crippen LogP contribution in [0.3, 0.4) is 0 Å². The van der Waals surface area contributed by atoms with E-state index in [1.54, 1.807) is 25.2 Å². The molecule has 144 valence electrons. The third-order valence-electron chi connectivity index (χ3n) is 4.65. The summed E-state index contributed by atoms with van der Waals surface area (Å²) in [7, 11) is 0. The Morgan fingerprint density at radius 1 is 1.32 bits per heavy atom. The van der Waals surface area contributed by atoms with Gasteiger partial charge in [-0.05, 0) is 50.8 Å². The second-order valence-corrected chi connectivity index (χ2v) is 7.56. The highest BCUT2D eigenvalue weighted by Crippen LogP contribution is 2.35. The number of hydrazone groups is 1. The normalized spacial score (nSPS) is 13.6. The molecule has 0 spiro atoms. The van der Waals surface area contributed by atoms with Crippen molar-refractivity contribution in [2.75, 3.05) is 12.0 Å². The second kappa shape index (κ2) is 7.55. The maximum Gasteiger partial charge on any atom is 0.354 e. The Kier molecular flexibility index (Phi) is 4.95. The number of para-hydroxylation sites is 1. The second-order valence-electron chi connectivity index (χ2n) is 6.48. The number of aromatic nitrogens is 2. The minimum absolute atomic E-state index is 0.123. The van der Waals surface area contributed by atoms with Gasteiger partial charge in [0.05, 0.1) is 17.7 Å². The van der Waals surface area contributed by atoms with Crippen LogP contribution >= 0.6 is 11.3 Å². The Bertz CT molecular complexity index is 1130. The molecule has 0 fully saturated rings. The predicted molar refractivity (Wildman–Crippen MR) is 111 cm³/mol. The van der Waals surface area contributed by atoms with Crippen LogP contribution in [0.5, 0.6) is 0 Å². The van der Waals surface area contributed by atoms with E-state index in [0.717, 1.165) is 24.8 Å². The molecule has 1 aliphatic rings. The van der Waals surface area contributed by atoms with Gasteiger partial charge in [-0.2, -0.15) is 5.10 Å². The van der Waals surface area contributed by atoms with Crippen LogP contribution in [0, 0.1) is 0 Å². The van der Waals surface area contributed by atoms with E-state index in [1.165, 1.54) is 9.44 Å². The molecule has 0 unspecified atom stereocenters. The molecule has 1 N–H and O–H groups in total. The monoisotopic (exact) mass is 396 g/mol. The van der Waals surface area contributed by atoms with Crippen LogP contribution in [0.15, 0.2) is 40.2 Å². The molecule has 0 saturated carbocycles. The summed E-state index contributed by atoms with van der Waals surface area (Å²) in [6.45, 7) is 3.55. The van der Waals surface area contributed by atoms with Crippen LogP contribution in [0.1, 0.15) is 30.7 Å². The summed E-state index contributed by atoms with van der Waals surface area (Å²) in [6.07, 6.45) is 2.98. The molecule has 0 amide bonds. The highest BCUT2D eigenvalue weighted by molar-refractivity contribution is 7.18. The average molecular weight is 396 g/mol. The Morgan fingerprint density at radius 2 is 2.11 bits per heavy atom. The van der Waals surface area contributed by atoms with Crippen LogP contribution < -0.4 is 11.0 Å². The molecule has 4 rings (SSSR count). The number of benzene rings is 1. The molecule has 7 nitrogen and oxygen atoms in total. The number of thiophene rings is 1. The number of fused-ring (bicyclic) bond motifs is 3. The third kappa shape index (κ3) is 3.20. The zero-order valence-electron chi connectivity index (χ0n) is 15.7. The number of aryl methyl sites for hydroxylation is 2. The molecule has 0 aliphatic heterocycles. The number of hydrogen-bond donors (Lipinski definition) is 1. The largest absolute Gasteiger partial charge is 0.461 e. The summed E-state index contributed by atoms with van der Waals surface area (Å²) in [5.41, 5.74) is 4.64. The summed E-state index contributed by atoms with van der Waals surface area (Å²) in [6, 6.07) is 9.30. The first-order valence-corrected chi connectivity index (χ1v) is 10.0. The van der Waals surface area contributed by atoms with Crippen molar-refractivity contribution in [3.8, 4) is 5.69 Å². The quantitative estimate of drug-likeness (QED) is 0.406. The SMILES string of the molecule is CCOC(=O)/C(C)=N\Nc1nc2sc3c(c2c(=O)n1-c1ccccc1)CCC3. The molecule has 1 aromatic carbocycles. The van der Waals surface area contributed by atoms with Crippen molar-refractivity contribution < 1.29 is 9.53 Å². The number of carbonyl (C=O) groups excluding carboxylic acids is 1. The van der Waals surface area contributed by atoms with Crippen molar-refractivity contribution >= 4 is 39.2 Å². The molecule has 0 radical (unpaired) electrons. The van der Waals surface area contributed by atoms with Gasteiger partial charge < -0.3 is 4.74 Å². The van der Waals surface area contributed by atoms with Crippen LogP contribution in [0.2, 0.25) is 0 Å². The number of nitrogens with one attached hydrogen (secondary N) is 1. The van der Waals surface area contributed by atoms with Crippen molar-refractivity contribution in [2.45, 2.75) is 33.1 Å². The zero-order valence-corrected chi connectivity index (χ0v) is 16.5. The number of nitrogens with zero attached hydrogens (tertiary/aromatic N) is 3. The van der Waals surface area contributed by atoms with Crippen molar-refractivity contribution in [1.29, 1.82) is 0 Å². The molecule has 0 saturated heterocycles. The van der Waals surface area contributed by atoms with Crippen molar-refractivity contribution in [3.05, 3.63) is 51.1 Å². The van der Waals surface area contributed by atoms with Crippen LogP contribution in [-0.2, 0) is 22.4 Å². The van der Waals surface area contributed by atoms with E-state index in [0.29, 0.717) is 15.9 Å². The summed E-state index contributed by atoms with van der Waals surface area (Å²) in [4.78, 5) is 31.8. The average Bonchev–Trinajstić information content (AvgIpc) is 3.27. The lowest BCUT2D eigenvalue weighted by Crippen LogP contribution is -2.23. The lowest BCUT2D eigenvalue weighted by atomic mass is 10.2. The standard InChI is InChI=1S/C20H20N4O3S/c1-3-27-19(26)12(2)22-23-20-21-17-16(14-10-7-11-15(14)28-17)18(25)24(20)13-8-5-4-6-9-13/h4-6,8-9H,3,7,10-11H2,1-2H3,(H,21,23)/b22-12-. The molecule has 28 heavy (non-hydrogen) atoms. The Morgan fingerprint density at radius 3 is 2.86 bits per heavy atom. The maximum atomic E-state index is 13.4.